The maximum Gasteiger partial charge on any atom is 0.333 e. The molecule has 1 unspecified atom stereocenters. The number of aliphatic imine (C=N–C) groups is 1. The van der Waals surface area contributed by atoms with Gasteiger partial charge in [0.1, 0.15) is 12.4 Å². The minimum Gasteiger partial charge on any atom is -0.454 e. The predicted octanol–water partition coefficient (Wildman–Crippen LogP) is 7.51. The Morgan fingerprint density at radius 3 is 2.41 bits per heavy atom. The molecule has 4 rings (SSSR count). The first-order chi connectivity index (χ1) is 22.0. The van der Waals surface area contributed by atoms with E-state index in [9.17, 15) is 19.2 Å². The molecule has 8 heteroatoms. The number of carbonyl (C=O) groups excluding carboxylic acids is 4. The van der Waals surface area contributed by atoms with Gasteiger partial charge in [0.25, 0.3) is 6.02 Å². The van der Waals surface area contributed by atoms with E-state index in [1.165, 1.54) is 18.9 Å². The predicted molar refractivity (Wildman–Crippen MR) is 180 cm³/mol. The van der Waals surface area contributed by atoms with Gasteiger partial charge in [-0.05, 0) is 81.4 Å². The highest BCUT2D eigenvalue weighted by atomic mass is 16.6. The Morgan fingerprint density at radius 1 is 1.09 bits per heavy atom. The van der Waals surface area contributed by atoms with Crippen molar-refractivity contribution in [2.75, 3.05) is 0 Å². The van der Waals surface area contributed by atoms with E-state index in [0.29, 0.717) is 36.3 Å². The number of hydrogen-bond acceptors (Lipinski definition) is 7. The zero-order valence-corrected chi connectivity index (χ0v) is 28.6. The Bertz CT molecular complexity index is 1220. The lowest BCUT2D eigenvalue weighted by Crippen LogP contribution is -2.50. The summed E-state index contributed by atoms with van der Waals surface area (Å²) >= 11 is 0. The Morgan fingerprint density at radius 2 is 1.76 bits per heavy atom. The molecular formula is C38H56N2O6. The monoisotopic (exact) mass is 636 g/mol. The van der Waals surface area contributed by atoms with Gasteiger partial charge in [-0.1, -0.05) is 84.8 Å². The van der Waals surface area contributed by atoms with Crippen molar-refractivity contribution in [1.82, 2.24) is 5.32 Å². The number of hydrogen-bond donors (Lipinski definition) is 1. The molecule has 5 atom stereocenters. The van der Waals surface area contributed by atoms with Crippen molar-refractivity contribution in [3.8, 4) is 0 Å². The van der Waals surface area contributed by atoms with Crippen LogP contribution in [0.5, 0.6) is 0 Å². The van der Waals surface area contributed by atoms with Gasteiger partial charge in [0.05, 0.1) is 17.9 Å². The van der Waals surface area contributed by atoms with Crippen LogP contribution in [-0.2, 0) is 28.7 Å². The summed E-state index contributed by atoms with van der Waals surface area (Å²) in [6.45, 7) is 11.8. The minimum absolute atomic E-state index is 0.127. The number of nitrogens with one attached hydrogen (secondary N) is 1. The van der Waals surface area contributed by atoms with Gasteiger partial charge in [0.15, 0.2) is 5.78 Å². The second-order valence-electron chi connectivity index (χ2n) is 14.5. The van der Waals surface area contributed by atoms with Crippen LogP contribution in [-0.4, -0.2) is 48.2 Å². The largest absolute Gasteiger partial charge is 0.454 e. The van der Waals surface area contributed by atoms with E-state index in [2.05, 4.69) is 25.7 Å². The number of fused-ring (bicyclic) bond motifs is 1. The molecule has 0 spiro atoms. The molecule has 0 bridgehead atoms. The van der Waals surface area contributed by atoms with E-state index < -0.39 is 35.3 Å². The van der Waals surface area contributed by atoms with Crippen LogP contribution in [0.2, 0.25) is 0 Å². The lowest BCUT2D eigenvalue weighted by molar-refractivity contribution is -0.152. The summed E-state index contributed by atoms with van der Waals surface area (Å²) < 4.78 is 12.2. The summed E-state index contributed by atoms with van der Waals surface area (Å²) in [5, 5.41) is 3.48. The zero-order valence-electron chi connectivity index (χ0n) is 28.6. The van der Waals surface area contributed by atoms with Gasteiger partial charge in [0, 0.05) is 17.0 Å². The Labute approximate surface area is 275 Å². The minimum atomic E-state index is -0.877. The van der Waals surface area contributed by atoms with E-state index in [-0.39, 0.29) is 35.8 Å². The number of ketones is 1. The fourth-order valence-electron chi connectivity index (χ4n) is 7.94. The third kappa shape index (κ3) is 9.07. The number of nitrogens with zero attached hydrogens (tertiary/aromatic N) is 1. The SMILES string of the molecule is C=C(C=O)[C@@H]1C[C@@]2(C)C(=CC1=O)[C@H](OC(=O)/C(C)=C\C(C)CCCC)CC[C@@H]2C(=O)OC(=NC1CCCCC1)NC1CCCCC1. The van der Waals surface area contributed by atoms with Crippen LogP contribution < -0.4 is 5.32 Å². The third-order valence-electron chi connectivity index (χ3n) is 10.8. The molecule has 8 nitrogen and oxygen atoms in total. The van der Waals surface area contributed by atoms with Crippen LogP contribution in [0.4, 0.5) is 0 Å². The standard InChI is InChI=1S/C38H56N2O6/c1-6-7-14-25(2)21-26(3)35(43)45-34-20-19-31(38(5)23-30(27(4)24-41)33(42)22-32(34)38)36(44)46-37(39-28-15-10-8-11-16-28)40-29-17-12-9-13-18-29/h21-22,24-25,28-31,34H,4,6-20,23H2,1-3,5H3,(H,39,40)/b26-21-/t25?,30-,31+,34+,38+/m0/s1. The maximum absolute atomic E-state index is 14.2. The van der Waals surface area contributed by atoms with Crippen molar-refractivity contribution in [2.45, 2.75) is 149 Å². The second kappa shape index (κ2) is 16.7. The molecule has 0 radical (unpaired) electrons. The first kappa shape index (κ1) is 35.8. The van der Waals surface area contributed by atoms with Crippen LogP contribution >= 0.6 is 0 Å². The van der Waals surface area contributed by atoms with Gasteiger partial charge in [-0.15, -0.1) is 0 Å². The molecule has 4 aliphatic rings. The van der Waals surface area contributed by atoms with Crippen LogP contribution in [0.1, 0.15) is 130 Å². The summed E-state index contributed by atoms with van der Waals surface area (Å²) in [6, 6.07) is 0.659. The van der Waals surface area contributed by atoms with Crippen LogP contribution in [0, 0.1) is 23.2 Å². The van der Waals surface area contributed by atoms with Crippen LogP contribution in [0.3, 0.4) is 0 Å². The summed E-state index contributed by atoms with van der Waals surface area (Å²) in [6.07, 6.45) is 18.6. The smallest absolute Gasteiger partial charge is 0.333 e. The third-order valence-corrected chi connectivity index (χ3v) is 10.8. The molecule has 0 aromatic rings. The number of unbranched alkanes of at least 4 members (excludes halogenated alkanes) is 1. The highest BCUT2D eigenvalue weighted by molar-refractivity contribution is 6.00. The van der Waals surface area contributed by atoms with Gasteiger partial charge in [0.2, 0.25) is 0 Å². The summed E-state index contributed by atoms with van der Waals surface area (Å²) in [7, 11) is 0. The molecule has 3 fully saturated rings. The van der Waals surface area contributed by atoms with E-state index in [1.54, 1.807) is 6.92 Å². The molecule has 46 heavy (non-hydrogen) atoms. The normalized spacial score (nSPS) is 28.8. The van der Waals surface area contributed by atoms with Gasteiger partial charge < -0.3 is 14.8 Å². The highest BCUT2D eigenvalue weighted by Crippen LogP contribution is 2.53. The fourth-order valence-corrected chi connectivity index (χ4v) is 7.94. The molecule has 0 aromatic heterocycles. The number of allylic oxidation sites excluding steroid dienone is 3. The zero-order chi connectivity index (χ0) is 33.3. The number of carbonyl (C=O) groups is 4. The Kier molecular flexibility index (Phi) is 13.0. The molecule has 4 aliphatic carbocycles. The van der Waals surface area contributed by atoms with Crippen LogP contribution in [0.15, 0.2) is 40.4 Å². The Hall–Kier alpha value is -3.03. The van der Waals surface area contributed by atoms with Crippen molar-refractivity contribution in [1.29, 1.82) is 0 Å². The van der Waals surface area contributed by atoms with E-state index in [1.807, 2.05) is 13.0 Å². The number of amidine groups is 1. The fraction of sp³-hybridized carbons (Fsp3) is 0.711. The van der Waals surface area contributed by atoms with Gasteiger partial charge in [-0.25, -0.2) is 9.79 Å². The molecular weight excluding hydrogens is 580 g/mol. The average Bonchev–Trinajstić information content (AvgIpc) is 3.04. The van der Waals surface area contributed by atoms with Crippen molar-refractivity contribution in [3.63, 3.8) is 0 Å². The number of esters is 2. The van der Waals surface area contributed by atoms with E-state index in [0.717, 1.165) is 70.6 Å². The molecule has 0 saturated heterocycles. The van der Waals surface area contributed by atoms with Crippen molar-refractivity contribution in [2.24, 2.45) is 28.2 Å². The molecule has 1 N–H and O–H groups in total. The number of aldehydes is 1. The lowest BCUT2D eigenvalue weighted by Gasteiger charge is -2.48. The van der Waals surface area contributed by atoms with E-state index in [4.69, 9.17) is 14.5 Å². The first-order valence-corrected chi connectivity index (χ1v) is 17.9. The van der Waals surface area contributed by atoms with Gasteiger partial charge in [-0.2, -0.15) is 0 Å². The number of rotatable bonds is 11. The van der Waals surface area contributed by atoms with Crippen molar-refractivity contribution in [3.05, 3.63) is 35.5 Å². The molecule has 0 aromatic carbocycles. The van der Waals surface area contributed by atoms with Crippen molar-refractivity contribution < 1.29 is 28.7 Å². The molecule has 0 heterocycles. The lowest BCUT2D eigenvalue weighted by atomic mass is 9.56. The summed E-state index contributed by atoms with van der Waals surface area (Å²) in [5.41, 5.74) is 0.467. The topological polar surface area (TPSA) is 111 Å². The van der Waals surface area contributed by atoms with Crippen molar-refractivity contribution >= 4 is 30.0 Å². The van der Waals surface area contributed by atoms with Gasteiger partial charge >= 0.3 is 11.9 Å². The maximum atomic E-state index is 14.2. The first-order valence-electron chi connectivity index (χ1n) is 17.9. The molecule has 0 amide bonds. The van der Waals surface area contributed by atoms with Gasteiger partial charge in [-0.3, -0.25) is 14.4 Å². The molecule has 254 valence electrons. The number of ether oxygens (including phenoxy) is 2. The quantitative estimate of drug-likeness (QED) is 0.0821. The highest BCUT2D eigenvalue weighted by Gasteiger charge is 2.54. The van der Waals surface area contributed by atoms with Crippen LogP contribution in [0.25, 0.3) is 0 Å². The Balaban J connectivity index is 1.58. The second-order valence-corrected chi connectivity index (χ2v) is 14.5. The summed E-state index contributed by atoms with van der Waals surface area (Å²) in [4.78, 5) is 57.4. The average molecular weight is 637 g/mol. The summed E-state index contributed by atoms with van der Waals surface area (Å²) in [5.74, 6) is -2.17. The molecule has 0 aliphatic heterocycles. The van der Waals surface area contributed by atoms with E-state index >= 15 is 0 Å². The molecule has 3 saturated carbocycles.